The third kappa shape index (κ3) is 3.69. The molecule has 2 aliphatic rings. The van der Waals surface area contributed by atoms with Gasteiger partial charge < -0.3 is 14.5 Å². The number of piperidine rings is 1. The van der Waals surface area contributed by atoms with Crippen LogP contribution in [-0.4, -0.2) is 60.1 Å². The average molecular weight is 268 g/mol. The number of carbonyl (C=O) groups excluding carboxylic acids is 1. The molecule has 19 heavy (non-hydrogen) atoms. The Morgan fingerprint density at radius 1 is 1.05 bits per heavy atom. The second kappa shape index (κ2) is 6.23. The van der Waals surface area contributed by atoms with Crippen LogP contribution in [-0.2, 0) is 9.53 Å². The summed E-state index contributed by atoms with van der Waals surface area (Å²) in [6.45, 7) is 12.3. The van der Waals surface area contributed by atoms with E-state index in [1.54, 1.807) is 0 Å². The molecular formula is C15H28N2O2. The Morgan fingerprint density at radius 3 is 2.11 bits per heavy atom. The van der Waals surface area contributed by atoms with Crippen LogP contribution in [0.2, 0.25) is 0 Å². The first kappa shape index (κ1) is 14.8. The van der Waals surface area contributed by atoms with Crippen molar-refractivity contribution in [2.45, 2.75) is 58.8 Å². The highest BCUT2D eigenvalue weighted by atomic mass is 16.5. The predicted molar refractivity (Wildman–Crippen MR) is 76.0 cm³/mol. The van der Waals surface area contributed by atoms with Crippen molar-refractivity contribution in [1.82, 2.24) is 9.80 Å². The minimum absolute atomic E-state index is 0.107. The Bertz CT molecular complexity index is 303. The number of nitrogens with zero attached hydrogens (tertiary/aromatic N) is 2. The van der Waals surface area contributed by atoms with Crippen molar-refractivity contribution < 1.29 is 9.53 Å². The van der Waals surface area contributed by atoms with Gasteiger partial charge in [-0.05, 0) is 26.7 Å². The normalized spacial score (nSPS) is 23.2. The van der Waals surface area contributed by atoms with Gasteiger partial charge in [-0.2, -0.15) is 0 Å². The van der Waals surface area contributed by atoms with Crippen molar-refractivity contribution >= 4 is 5.91 Å². The summed E-state index contributed by atoms with van der Waals surface area (Å²) in [7, 11) is 0. The van der Waals surface area contributed by atoms with Crippen LogP contribution in [0.15, 0.2) is 0 Å². The van der Waals surface area contributed by atoms with Crippen molar-refractivity contribution in [2.24, 2.45) is 5.92 Å². The largest absolute Gasteiger partial charge is 0.371 e. The molecule has 0 N–H and O–H groups in total. The minimum Gasteiger partial charge on any atom is -0.371 e. The predicted octanol–water partition coefficient (Wildman–Crippen LogP) is 1.74. The van der Waals surface area contributed by atoms with Gasteiger partial charge in [-0.15, -0.1) is 0 Å². The zero-order chi connectivity index (χ0) is 14.0. The summed E-state index contributed by atoms with van der Waals surface area (Å²) in [5.74, 6) is 0.365. The van der Waals surface area contributed by atoms with Gasteiger partial charge in [0.1, 0.15) is 0 Å². The molecule has 0 radical (unpaired) electrons. The molecule has 1 amide bonds. The number of carbonyl (C=O) groups is 1. The molecule has 2 rings (SSSR count). The number of hydrogen-bond donors (Lipinski definition) is 0. The summed E-state index contributed by atoms with van der Waals surface area (Å²) in [5.41, 5.74) is 0. The third-order valence-electron chi connectivity index (χ3n) is 4.25. The zero-order valence-corrected chi connectivity index (χ0v) is 12.8. The second-order valence-electron chi connectivity index (χ2n) is 6.49. The second-order valence-corrected chi connectivity index (χ2v) is 6.49. The van der Waals surface area contributed by atoms with E-state index in [0.29, 0.717) is 12.1 Å². The van der Waals surface area contributed by atoms with Gasteiger partial charge in [-0.1, -0.05) is 13.8 Å². The maximum absolute atomic E-state index is 11.7. The zero-order valence-electron chi connectivity index (χ0n) is 12.8. The number of hydrogen-bond acceptors (Lipinski definition) is 3. The van der Waals surface area contributed by atoms with E-state index in [-0.39, 0.29) is 17.9 Å². The van der Waals surface area contributed by atoms with Gasteiger partial charge in [0.2, 0.25) is 5.91 Å². The molecule has 4 nitrogen and oxygen atoms in total. The van der Waals surface area contributed by atoms with E-state index >= 15 is 0 Å². The monoisotopic (exact) mass is 268 g/mol. The quantitative estimate of drug-likeness (QED) is 0.778. The fourth-order valence-corrected chi connectivity index (χ4v) is 2.87. The molecule has 2 fully saturated rings. The van der Waals surface area contributed by atoms with Gasteiger partial charge in [-0.25, -0.2) is 0 Å². The lowest BCUT2D eigenvalue weighted by atomic mass is 10.0. The summed E-state index contributed by atoms with van der Waals surface area (Å²) in [4.78, 5) is 16.2. The fraction of sp³-hybridized carbons (Fsp3) is 0.933. The van der Waals surface area contributed by atoms with Gasteiger partial charge in [0, 0.05) is 38.1 Å². The lowest BCUT2D eigenvalue weighted by molar-refractivity contribution is -0.155. The van der Waals surface area contributed by atoms with Crippen LogP contribution in [0.3, 0.4) is 0 Å². The highest BCUT2D eigenvalue weighted by Crippen LogP contribution is 2.22. The van der Waals surface area contributed by atoms with Crippen LogP contribution < -0.4 is 0 Å². The molecule has 0 atom stereocenters. The van der Waals surface area contributed by atoms with E-state index in [1.807, 2.05) is 18.7 Å². The van der Waals surface area contributed by atoms with Crippen molar-refractivity contribution in [3.63, 3.8) is 0 Å². The van der Waals surface area contributed by atoms with Crippen LogP contribution in [0.4, 0.5) is 0 Å². The van der Waals surface area contributed by atoms with Gasteiger partial charge in [0.05, 0.1) is 12.2 Å². The van der Waals surface area contributed by atoms with E-state index in [2.05, 4.69) is 18.7 Å². The van der Waals surface area contributed by atoms with Crippen LogP contribution in [0.1, 0.15) is 40.5 Å². The van der Waals surface area contributed by atoms with E-state index in [4.69, 9.17) is 4.74 Å². The van der Waals surface area contributed by atoms with E-state index in [1.165, 1.54) is 0 Å². The molecule has 0 unspecified atom stereocenters. The summed E-state index contributed by atoms with van der Waals surface area (Å²) >= 11 is 0. The first-order chi connectivity index (χ1) is 8.97. The third-order valence-corrected chi connectivity index (χ3v) is 4.25. The summed E-state index contributed by atoms with van der Waals surface area (Å²) < 4.78 is 6.09. The number of likely N-dealkylation sites (tertiary alicyclic amines) is 2. The Hall–Kier alpha value is -0.610. The molecule has 2 saturated heterocycles. The van der Waals surface area contributed by atoms with Crippen molar-refractivity contribution in [3.05, 3.63) is 0 Å². The molecule has 0 aromatic carbocycles. The van der Waals surface area contributed by atoms with Crippen LogP contribution >= 0.6 is 0 Å². The topological polar surface area (TPSA) is 32.8 Å². The smallest absolute Gasteiger partial charge is 0.225 e. The lowest BCUT2D eigenvalue weighted by Crippen LogP contribution is -2.57. The molecule has 0 aromatic heterocycles. The molecule has 0 aromatic rings. The Balaban J connectivity index is 1.65. The highest BCUT2D eigenvalue weighted by Gasteiger charge is 2.34. The van der Waals surface area contributed by atoms with Crippen molar-refractivity contribution in [3.8, 4) is 0 Å². The Labute approximate surface area is 117 Å². The molecule has 110 valence electrons. The maximum atomic E-state index is 11.7. The Kier molecular flexibility index (Phi) is 4.85. The number of amides is 1. The first-order valence-electron chi connectivity index (χ1n) is 7.65. The van der Waals surface area contributed by atoms with E-state index in [0.717, 1.165) is 39.0 Å². The molecule has 2 aliphatic heterocycles. The standard InChI is InChI=1S/C15H28N2O2/c1-11(2)15(18)17-9-14(10-17)19-13-5-7-16(8-6-13)12(3)4/h11-14H,5-10H2,1-4H3. The highest BCUT2D eigenvalue weighted by molar-refractivity contribution is 5.78. The minimum atomic E-state index is 0.107. The molecule has 2 heterocycles. The summed E-state index contributed by atoms with van der Waals surface area (Å²) in [5, 5.41) is 0. The molecule has 0 spiro atoms. The van der Waals surface area contributed by atoms with E-state index < -0.39 is 0 Å². The van der Waals surface area contributed by atoms with Crippen molar-refractivity contribution in [2.75, 3.05) is 26.2 Å². The van der Waals surface area contributed by atoms with Crippen molar-refractivity contribution in [1.29, 1.82) is 0 Å². The lowest BCUT2D eigenvalue weighted by Gasteiger charge is -2.43. The summed E-state index contributed by atoms with van der Waals surface area (Å²) in [6.07, 6.45) is 2.94. The summed E-state index contributed by atoms with van der Waals surface area (Å²) in [6, 6.07) is 0.642. The number of ether oxygens (including phenoxy) is 1. The SMILES string of the molecule is CC(C)C(=O)N1CC(OC2CCN(C(C)C)CC2)C1. The number of rotatable bonds is 4. The first-order valence-corrected chi connectivity index (χ1v) is 7.65. The van der Waals surface area contributed by atoms with Crippen LogP contribution in [0.5, 0.6) is 0 Å². The molecular weight excluding hydrogens is 240 g/mol. The fourth-order valence-electron chi connectivity index (χ4n) is 2.87. The van der Waals surface area contributed by atoms with Gasteiger partial charge in [-0.3, -0.25) is 4.79 Å². The van der Waals surface area contributed by atoms with Crippen LogP contribution in [0, 0.1) is 5.92 Å². The molecule has 0 bridgehead atoms. The molecule has 0 aliphatic carbocycles. The van der Waals surface area contributed by atoms with Crippen LogP contribution in [0.25, 0.3) is 0 Å². The molecule has 0 saturated carbocycles. The van der Waals surface area contributed by atoms with Gasteiger partial charge in [0.15, 0.2) is 0 Å². The molecule has 4 heteroatoms. The van der Waals surface area contributed by atoms with Gasteiger partial charge in [0.25, 0.3) is 0 Å². The van der Waals surface area contributed by atoms with E-state index in [9.17, 15) is 4.79 Å². The maximum Gasteiger partial charge on any atom is 0.225 e. The Morgan fingerprint density at radius 2 is 1.63 bits per heavy atom. The van der Waals surface area contributed by atoms with Gasteiger partial charge >= 0.3 is 0 Å². The average Bonchev–Trinajstić information content (AvgIpc) is 2.33.